The second kappa shape index (κ2) is 5.68. The second-order valence-corrected chi connectivity index (χ2v) is 7.58. The van der Waals surface area contributed by atoms with Crippen molar-refractivity contribution in [2.45, 2.75) is 10.8 Å². The summed E-state index contributed by atoms with van der Waals surface area (Å²) in [6, 6.07) is 7.74. The third-order valence-corrected chi connectivity index (χ3v) is 5.79. The van der Waals surface area contributed by atoms with Gasteiger partial charge in [0.25, 0.3) is 10.0 Å². The summed E-state index contributed by atoms with van der Waals surface area (Å²) in [4.78, 5) is 0.794. The Bertz CT molecular complexity index is 698. The van der Waals surface area contributed by atoms with Gasteiger partial charge in [-0.1, -0.05) is 23.2 Å². The average molecular weight is 337 g/mol. The van der Waals surface area contributed by atoms with Crippen molar-refractivity contribution in [2.24, 2.45) is 5.73 Å². The maximum Gasteiger partial charge on any atom is 0.271 e. The number of sulfonamides is 1. The van der Waals surface area contributed by atoms with Gasteiger partial charge < -0.3 is 5.73 Å². The van der Waals surface area contributed by atoms with Crippen molar-refractivity contribution < 1.29 is 8.42 Å². The van der Waals surface area contributed by atoms with Crippen molar-refractivity contribution in [1.82, 2.24) is 0 Å². The van der Waals surface area contributed by atoms with Crippen molar-refractivity contribution in [3.63, 3.8) is 0 Å². The Labute approximate surface area is 125 Å². The topological polar surface area (TPSA) is 72.2 Å². The van der Waals surface area contributed by atoms with Crippen LogP contribution in [-0.4, -0.2) is 8.42 Å². The Morgan fingerprint density at radius 3 is 2.53 bits per heavy atom. The van der Waals surface area contributed by atoms with Gasteiger partial charge in [-0.2, -0.15) is 0 Å². The predicted octanol–water partition coefficient (Wildman–Crippen LogP) is 3.31. The van der Waals surface area contributed by atoms with Crippen LogP contribution in [0.2, 0.25) is 10.0 Å². The largest absolute Gasteiger partial charge is 0.326 e. The molecule has 0 amide bonds. The van der Waals surface area contributed by atoms with Crippen LogP contribution in [0.25, 0.3) is 0 Å². The first kappa shape index (κ1) is 14.6. The fourth-order valence-corrected chi connectivity index (χ4v) is 4.21. The van der Waals surface area contributed by atoms with Gasteiger partial charge >= 0.3 is 0 Å². The summed E-state index contributed by atoms with van der Waals surface area (Å²) in [5, 5.41) is 0.682. The van der Waals surface area contributed by atoms with Crippen molar-refractivity contribution in [2.75, 3.05) is 4.72 Å². The lowest BCUT2D eigenvalue weighted by Gasteiger charge is -2.08. The minimum Gasteiger partial charge on any atom is -0.326 e. The fraction of sp³-hybridized carbons (Fsp3) is 0.0909. The van der Waals surface area contributed by atoms with Crippen molar-refractivity contribution in [3.05, 3.63) is 45.3 Å². The number of nitrogens with two attached hydrogens (primary N) is 1. The molecule has 0 aliphatic heterocycles. The van der Waals surface area contributed by atoms with E-state index in [1.165, 1.54) is 18.2 Å². The molecular weight excluding hydrogens is 327 g/mol. The van der Waals surface area contributed by atoms with Crippen LogP contribution in [0.1, 0.15) is 4.88 Å². The van der Waals surface area contributed by atoms with Crippen LogP contribution < -0.4 is 10.5 Å². The van der Waals surface area contributed by atoms with E-state index in [1.54, 1.807) is 12.1 Å². The lowest BCUT2D eigenvalue weighted by molar-refractivity contribution is 0.603. The molecule has 1 aromatic carbocycles. The third-order valence-electron chi connectivity index (χ3n) is 2.28. The van der Waals surface area contributed by atoms with Gasteiger partial charge in [0.1, 0.15) is 4.21 Å². The summed E-state index contributed by atoms with van der Waals surface area (Å²) < 4.78 is 26.9. The zero-order valence-corrected chi connectivity index (χ0v) is 12.7. The Morgan fingerprint density at radius 1 is 1.21 bits per heavy atom. The van der Waals surface area contributed by atoms with Gasteiger partial charge in [-0.05, 0) is 30.3 Å². The number of hydrogen-bond donors (Lipinski definition) is 2. The minimum atomic E-state index is -3.65. The smallest absolute Gasteiger partial charge is 0.271 e. The summed E-state index contributed by atoms with van der Waals surface area (Å²) in [7, 11) is -3.65. The number of halogens is 2. The third kappa shape index (κ3) is 3.40. The molecule has 8 heteroatoms. The molecular formula is C11H10Cl2N2O2S2. The number of hydrogen-bond acceptors (Lipinski definition) is 4. The minimum absolute atomic E-state index is 0.193. The van der Waals surface area contributed by atoms with Gasteiger partial charge in [-0.25, -0.2) is 8.42 Å². The van der Waals surface area contributed by atoms with E-state index in [2.05, 4.69) is 4.72 Å². The summed E-state index contributed by atoms with van der Waals surface area (Å²) >= 11 is 12.8. The highest BCUT2D eigenvalue weighted by Gasteiger charge is 2.18. The number of thiophene rings is 1. The summed E-state index contributed by atoms with van der Waals surface area (Å²) in [6.07, 6.45) is 0. The average Bonchev–Trinajstić information content (AvgIpc) is 2.82. The summed E-state index contributed by atoms with van der Waals surface area (Å²) in [5.41, 5.74) is 5.75. The molecule has 4 nitrogen and oxygen atoms in total. The molecule has 1 heterocycles. The molecule has 0 atom stereocenters. The normalized spacial score (nSPS) is 11.5. The molecule has 0 fully saturated rings. The van der Waals surface area contributed by atoms with E-state index in [4.69, 9.17) is 28.9 Å². The Hall–Kier alpha value is -0.790. The first-order valence-electron chi connectivity index (χ1n) is 5.19. The zero-order valence-electron chi connectivity index (χ0n) is 9.56. The molecule has 0 unspecified atom stereocenters. The first-order valence-corrected chi connectivity index (χ1v) is 8.24. The molecule has 0 saturated heterocycles. The van der Waals surface area contributed by atoms with Crippen molar-refractivity contribution >= 4 is 50.2 Å². The van der Waals surface area contributed by atoms with E-state index in [9.17, 15) is 8.42 Å². The highest BCUT2D eigenvalue weighted by molar-refractivity contribution is 7.94. The molecule has 2 rings (SSSR count). The number of benzene rings is 1. The number of rotatable bonds is 4. The van der Waals surface area contributed by atoms with E-state index >= 15 is 0 Å². The Morgan fingerprint density at radius 2 is 1.95 bits per heavy atom. The van der Waals surface area contributed by atoms with Gasteiger partial charge in [-0.3, -0.25) is 4.72 Å². The highest BCUT2D eigenvalue weighted by atomic mass is 35.5. The molecule has 0 aliphatic rings. The lowest BCUT2D eigenvalue weighted by Crippen LogP contribution is -2.11. The molecule has 0 bridgehead atoms. The molecule has 0 spiro atoms. The highest BCUT2D eigenvalue weighted by Crippen LogP contribution is 2.29. The van der Waals surface area contributed by atoms with Crippen molar-refractivity contribution in [3.8, 4) is 0 Å². The molecule has 2 aromatic rings. The monoisotopic (exact) mass is 336 g/mol. The van der Waals surface area contributed by atoms with E-state index < -0.39 is 10.0 Å². The van der Waals surface area contributed by atoms with Gasteiger partial charge in [0.05, 0.1) is 10.7 Å². The lowest BCUT2D eigenvalue weighted by atomic mass is 10.3. The van der Waals surface area contributed by atoms with Crippen LogP contribution in [0.5, 0.6) is 0 Å². The fourth-order valence-electron chi connectivity index (χ4n) is 1.38. The number of nitrogens with one attached hydrogen (secondary N) is 1. The molecule has 102 valence electrons. The second-order valence-electron chi connectivity index (χ2n) is 3.65. The molecule has 0 aliphatic carbocycles. The van der Waals surface area contributed by atoms with Crippen LogP contribution >= 0.6 is 34.5 Å². The van der Waals surface area contributed by atoms with Crippen LogP contribution in [0, 0.1) is 0 Å². The molecule has 1 aromatic heterocycles. The van der Waals surface area contributed by atoms with Gasteiger partial charge in [0.15, 0.2) is 0 Å². The van der Waals surface area contributed by atoms with E-state index in [0.717, 1.165) is 16.2 Å². The van der Waals surface area contributed by atoms with Crippen LogP contribution in [0.4, 0.5) is 5.69 Å². The van der Waals surface area contributed by atoms with E-state index in [1.807, 2.05) is 0 Å². The Kier molecular flexibility index (Phi) is 4.37. The Balaban J connectivity index is 2.30. The van der Waals surface area contributed by atoms with Gasteiger partial charge in [0.2, 0.25) is 0 Å². The quantitative estimate of drug-likeness (QED) is 0.899. The zero-order chi connectivity index (χ0) is 14.0. The van der Waals surface area contributed by atoms with Crippen LogP contribution in [0.3, 0.4) is 0 Å². The standard InChI is InChI=1S/C11H10Cl2N2O2S2/c12-7-1-3-10(9(13)5-7)15-19(16,17)11-4-2-8(6-14)18-11/h1-5,15H,6,14H2. The van der Waals surface area contributed by atoms with Crippen molar-refractivity contribution in [1.29, 1.82) is 0 Å². The molecule has 0 radical (unpaired) electrons. The number of anilines is 1. The van der Waals surface area contributed by atoms with E-state index in [0.29, 0.717) is 11.6 Å². The maximum absolute atomic E-state index is 12.1. The summed E-state index contributed by atoms with van der Waals surface area (Å²) in [5.74, 6) is 0. The molecule has 0 saturated carbocycles. The van der Waals surface area contributed by atoms with Gasteiger partial charge in [-0.15, -0.1) is 11.3 Å². The summed E-state index contributed by atoms with van der Waals surface area (Å²) in [6.45, 7) is 0.307. The predicted molar refractivity (Wildman–Crippen MR) is 79.5 cm³/mol. The molecule has 19 heavy (non-hydrogen) atoms. The SMILES string of the molecule is NCc1ccc(S(=O)(=O)Nc2ccc(Cl)cc2Cl)s1. The first-order chi connectivity index (χ1) is 8.92. The van der Waals surface area contributed by atoms with Gasteiger partial charge in [0, 0.05) is 16.4 Å². The van der Waals surface area contributed by atoms with E-state index in [-0.39, 0.29) is 14.9 Å². The molecule has 3 N–H and O–H groups in total. The van der Waals surface area contributed by atoms with Crippen LogP contribution in [0.15, 0.2) is 34.5 Å². The van der Waals surface area contributed by atoms with Crippen LogP contribution in [-0.2, 0) is 16.6 Å². The maximum atomic E-state index is 12.1.